The lowest BCUT2D eigenvalue weighted by molar-refractivity contribution is 0.0697. The SMILES string of the molecule is O=C(O)c1cc(Cl)nc(NC2CCOC2C2CC2)c1. The van der Waals surface area contributed by atoms with E-state index in [1.54, 1.807) is 0 Å². The third kappa shape index (κ3) is 2.82. The first kappa shape index (κ1) is 12.7. The predicted octanol–water partition coefficient (Wildman–Crippen LogP) is 2.41. The molecule has 0 spiro atoms. The first-order chi connectivity index (χ1) is 9.13. The second-order valence-corrected chi connectivity index (χ2v) is 5.47. The van der Waals surface area contributed by atoms with Gasteiger partial charge in [0, 0.05) is 6.61 Å². The van der Waals surface area contributed by atoms with Gasteiger partial charge in [0.05, 0.1) is 17.7 Å². The maximum atomic E-state index is 11.0. The van der Waals surface area contributed by atoms with Gasteiger partial charge in [-0.2, -0.15) is 0 Å². The molecule has 2 aliphatic rings. The summed E-state index contributed by atoms with van der Waals surface area (Å²) >= 11 is 5.85. The monoisotopic (exact) mass is 282 g/mol. The van der Waals surface area contributed by atoms with Gasteiger partial charge in [-0.1, -0.05) is 11.6 Å². The van der Waals surface area contributed by atoms with Crippen LogP contribution in [0.5, 0.6) is 0 Å². The van der Waals surface area contributed by atoms with Crippen molar-refractivity contribution in [1.29, 1.82) is 0 Å². The Hall–Kier alpha value is -1.33. The summed E-state index contributed by atoms with van der Waals surface area (Å²) in [7, 11) is 0. The highest BCUT2D eigenvalue weighted by atomic mass is 35.5. The Balaban J connectivity index is 1.76. The van der Waals surface area contributed by atoms with E-state index in [1.807, 2.05) is 0 Å². The van der Waals surface area contributed by atoms with Crippen LogP contribution in [-0.2, 0) is 4.74 Å². The van der Waals surface area contributed by atoms with Gasteiger partial charge in [-0.15, -0.1) is 0 Å². The van der Waals surface area contributed by atoms with E-state index in [4.69, 9.17) is 21.4 Å². The van der Waals surface area contributed by atoms with E-state index in [-0.39, 0.29) is 22.9 Å². The molecule has 1 aromatic rings. The molecule has 0 aromatic carbocycles. The van der Waals surface area contributed by atoms with Crippen LogP contribution in [0.4, 0.5) is 5.82 Å². The first-order valence-corrected chi connectivity index (χ1v) is 6.80. The van der Waals surface area contributed by atoms with E-state index in [0.29, 0.717) is 11.7 Å². The van der Waals surface area contributed by atoms with Crippen LogP contribution in [0.1, 0.15) is 29.6 Å². The van der Waals surface area contributed by atoms with E-state index in [0.717, 1.165) is 13.0 Å². The molecular formula is C13H15ClN2O3. The van der Waals surface area contributed by atoms with Crippen molar-refractivity contribution >= 4 is 23.4 Å². The highest BCUT2D eigenvalue weighted by molar-refractivity contribution is 6.29. The molecule has 0 radical (unpaired) electrons. The Morgan fingerprint density at radius 2 is 2.21 bits per heavy atom. The van der Waals surface area contributed by atoms with Gasteiger partial charge in [0.2, 0.25) is 0 Å². The maximum Gasteiger partial charge on any atom is 0.335 e. The van der Waals surface area contributed by atoms with Crippen molar-refractivity contribution in [3.05, 3.63) is 22.8 Å². The van der Waals surface area contributed by atoms with Crippen LogP contribution < -0.4 is 5.32 Å². The zero-order valence-electron chi connectivity index (χ0n) is 10.3. The second-order valence-electron chi connectivity index (χ2n) is 5.08. The van der Waals surface area contributed by atoms with Crippen molar-refractivity contribution in [2.24, 2.45) is 5.92 Å². The van der Waals surface area contributed by atoms with Crippen LogP contribution in [0, 0.1) is 5.92 Å². The fourth-order valence-corrected chi connectivity index (χ4v) is 2.75. The van der Waals surface area contributed by atoms with Crippen LogP contribution in [0.3, 0.4) is 0 Å². The quantitative estimate of drug-likeness (QED) is 0.830. The fourth-order valence-electron chi connectivity index (χ4n) is 2.54. The van der Waals surface area contributed by atoms with E-state index >= 15 is 0 Å². The number of ether oxygens (including phenoxy) is 1. The maximum absolute atomic E-state index is 11.0. The summed E-state index contributed by atoms with van der Waals surface area (Å²) in [5.41, 5.74) is 0.143. The molecule has 2 N–H and O–H groups in total. The summed E-state index contributed by atoms with van der Waals surface area (Å²) in [4.78, 5) is 15.1. The van der Waals surface area contributed by atoms with Crippen molar-refractivity contribution in [2.75, 3.05) is 11.9 Å². The highest BCUT2D eigenvalue weighted by Gasteiger charge is 2.40. The van der Waals surface area contributed by atoms with Crippen molar-refractivity contribution < 1.29 is 14.6 Å². The molecule has 2 fully saturated rings. The topological polar surface area (TPSA) is 71.5 Å². The lowest BCUT2D eigenvalue weighted by Gasteiger charge is -2.20. The molecule has 0 amide bonds. The summed E-state index contributed by atoms with van der Waals surface area (Å²) in [5, 5.41) is 12.5. The van der Waals surface area contributed by atoms with Crippen molar-refractivity contribution in [3.8, 4) is 0 Å². The van der Waals surface area contributed by atoms with Gasteiger partial charge >= 0.3 is 5.97 Å². The molecule has 1 aromatic heterocycles. The van der Waals surface area contributed by atoms with Gasteiger partial charge in [0.15, 0.2) is 0 Å². The van der Waals surface area contributed by atoms with Crippen LogP contribution in [0.25, 0.3) is 0 Å². The second kappa shape index (κ2) is 4.98. The Morgan fingerprint density at radius 3 is 2.89 bits per heavy atom. The minimum atomic E-state index is -1.01. The van der Waals surface area contributed by atoms with E-state index in [2.05, 4.69) is 10.3 Å². The number of halogens is 1. The third-order valence-electron chi connectivity index (χ3n) is 3.60. The normalized spacial score (nSPS) is 26.4. The number of nitrogens with one attached hydrogen (secondary N) is 1. The van der Waals surface area contributed by atoms with Crippen LogP contribution in [-0.4, -0.2) is 34.8 Å². The lowest BCUT2D eigenvalue weighted by Crippen LogP contribution is -2.31. The molecule has 6 heteroatoms. The zero-order valence-corrected chi connectivity index (χ0v) is 11.1. The number of hydrogen-bond donors (Lipinski definition) is 2. The minimum Gasteiger partial charge on any atom is -0.478 e. The summed E-state index contributed by atoms with van der Waals surface area (Å²) in [6.45, 7) is 0.741. The van der Waals surface area contributed by atoms with E-state index in [1.165, 1.54) is 25.0 Å². The number of carbonyl (C=O) groups is 1. The van der Waals surface area contributed by atoms with Gasteiger partial charge < -0.3 is 15.2 Å². The predicted molar refractivity (Wildman–Crippen MR) is 70.7 cm³/mol. The first-order valence-electron chi connectivity index (χ1n) is 6.42. The van der Waals surface area contributed by atoms with Gasteiger partial charge in [-0.05, 0) is 37.3 Å². The molecule has 1 saturated heterocycles. The Labute approximate surface area is 115 Å². The van der Waals surface area contributed by atoms with E-state index < -0.39 is 5.97 Å². The Kier molecular flexibility index (Phi) is 3.33. The Bertz CT molecular complexity index is 505. The largest absolute Gasteiger partial charge is 0.478 e. The summed E-state index contributed by atoms with van der Waals surface area (Å²) in [6.07, 6.45) is 3.56. The van der Waals surface area contributed by atoms with Gasteiger partial charge in [-0.25, -0.2) is 9.78 Å². The average Bonchev–Trinajstić information content (AvgIpc) is 3.10. The van der Waals surface area contributed by atoms with Gasteiger partial charge in [0.1, 0.15) is 11.0 Å². The number of pyridine rings is 1. The zero-order chi connectivity index (χ0) is 13.4. The number of aromatic nitrogens is 1. The molecule has 102 valence electrons. The molecule has 3 rings (SSSR count). The highest BCUT2D eigenvalue weighted by Crippen LogP contribution is 2.39. The van der Waals surface area contributed by atoms with Crippen LogP contribution in [0.15, 0.2) is 12.1 Å². The summed E-state index contributed by atoms with van der Waals surface area (Å²) in [5.74, 6) is 0.137. The molecule has 1 aliphatic carbocycles. The molecule has 1 aliphatic heterocycles. The number of aromatic carboxylic acids is 1. The lowest BCUT2D eigenvalue weighted by atomic mass is 10.1. The number of anilines is 1. The van der Waals surface area contributed by atoms with Crippen LogP contribution >= 0.6 is 11.6 Å². The molecular weight excluding hydrogens is 268 g/mol. The van der Waals surface area contributed by atoms with Crippen molar-refractivity contribution in [1.82, 2.24) is 4.98 Å². The van der Waals surface area contributed by atoms with Gasteiger partial charge in [-0.3, -0.25) is 0 Å². The molecule has 2 unspecified atom stereocenters. The molecule has 2 heterocycles. The smallest absolute Gasteiger partial charge is 0.335 e. The van der Waals surface area contributed by atoms with Crippen molar-refractivity contribution in [3.63, 3.8) is 0 Å². The number of rotatable bonds is 4. The molecule has 19 heavy (non-hydrogen) atoms. The van der Waals surface area contributed by atoms with Crippen molar-refractivity contribution in [2.45, 2.75) is 31.4 Å². The minimum absolute atomic E-state index is 0.143. The molecule has 5 nitrogen and oxygen atoms in total. The summed E-state index contributed by atoms with van der Waals surface area (Å²) < 4.78 is 5.73. The number of carboxylic acid groups (broad SMARTS) is 1. The average molecular weight is 283 g/mol. The molecule has 1 saturated carbocycles. The standard InChI is InChI=1S/C13H15ClN2O3/c14-10-5-8(13(17)18)6-11(16-10)15-9-3-4-19-12(9)7-1-2-7/h5-7,9,12H,1-4H2,(H,15,16)(H,17,18). The van der Waals surface area contributed by atoms with Crippen LogP contribution in [0.2, 0.25) is 5.15 Å². The number of nitrogens with zero attached hydrogens (tertiary/aromatic N) is 1. The van der Waals surface area contributed by atoms with E-state index in [9.17, 15) is 4.79 Å². The Morgan fingerprint density at radius 1 is 1.42 bits per heavy atom. The number of carboxylic acids is 1. The molecule has 0 bridgehead atoms. The summed E-state index contributed by atoms with van der Waals surface area (Å²) in [6, 6.07) is 3.05. The number of hydrogen-bond acceptors (Lipinski definition) is 4. The molecule has 2 atom stereocenters. The third-order valence-corrected chi connectivity index (χ3v) is 3.79. The fraction of sp³-hybridized carbons (Fsp3) is 0.538. The van der Waals surface area contributed by atoms with Gasteiger partial charge in [0.25, 0.3) is 0 Å².